The van der Waals surface area contributed by atoms with Crippen molar-refractivity contribution >= 4 is 29.5 Å². The summed E-state index contributed by atoms with van der Waals surface area (Å²) in [5.41, 5.74) is 0. The normalized spacial score (nSPS) is 11.6. The summed E-state index contributed by atoms with van der Waals surface area (Å²) in [5, 5.41) is 5.33. The lowest BCUT2D eigenvalue weighted by molar-refractivity contribution is -0.143. The zero-order valence-corrected chi connectivity index (χ0v) is 13.2. The van der Waals surface area contributed by atoms with Crippen LogP contribution in [0.2, 0.25) is 0 Å². The fraction of sp³-hybridized carbons (Fsp3) is 0.769. The van der Waals surface area contributed by atoms with Gasteiger partial charge in [-0.2, -0.15) is 11.8 Å². The van der Waals surface area contributed by atoms with Crippen molar-refractivity contribution in [2.24, 2.45) is 0 Å². The van der Waals surface area contributed by atoms with E-state index in [0.717, 1.165) is 5.75 Å². The molecule has 116 valence electrons. The van der Waals surface area contributed by atoms with Gasteiger partial charge in [0.15, 0.2) is 0 Å². The maximum absolute atomic E-state index is 12.0. The Balaban J connectivity index is 4.18. The van der Waals surface area contributed by atoms with Gasteiger partial charge in [0.25, 0.3) is 0 Å². The van der Waals surface area contributed by atoms with Crippen molar-refractivity contribution in [1.29, 1.82) is 0 Å². The number of rotatable bonds is 10. The highest BCUT2D eigenvalue weighted by atomic mass is 32.2. The first-order chi connectivity index (χ1) is 9.54. The second kappa shape index (κ2) is 11.6. The summed E-state index contributed by atoms with van der Waals surface area (Å²) in [4.78, 5) is 34.5. The Hall–Kier alpha value is -1.24. The maximum atomic E-state index is 12.0. The Morgan fingerprint density at radius 1 is 1.25 bits per heavy atom. The first kappa shape index (κ1) is 18.8. The summed E-state index contributed by atoms with van der Waals surface area (Å²) >= 11 is 1.61. The molecule has 0 aliphatic rings. The molecule has 20 heavy (non-hydrogen) atoms. The summed E-state index contributed by atoms with van der Waals surface area (Å²) in [6.45, 7) is 4.01. The number of thioether (sulfide) groups is 1. The number of hydrogen-bond acceptors (Lipinski definition) is 5. The monoisotopic (exact) mass is 304 g/mol. The molecule has 0 aromatic heterocycles. The van der Waals surface area contributed by atoms with E-state index < -0.39 is 6.04 Å². The van der Waals surface area contributed by atoms with Gasteiger partial charge in [-0.15, -0.1) is 0 Å². The molecule has 1 atom stereocenters. The summed E-state index contributed by atoms with van der Waals surface area (Å²) in [5.74, 6) is 0.0211. The molecule has 0 radical (unpaired) electrons. The molecule has 7 heteroatoms. The zero-order chi connectivity index (χ0) is 15.4. The number of nitrogens with one attached hydrogen (secondary N) is 2. The summed E-state index contributed by atoms with van der Waals surface area (Å²) in [6, 6.07) is -0.544. The highest BCUT2D eigenvalue weighted by molar-refractivity contribution is 7.98. The molecular formula is C13H24N2O4S. The van der Waals surface area contributed by atoms with Crippen molar-refractivity contribution in [2.75, 3.05) is 25.2 Å². The molecule has 0 spiro atoms. The van der Waals surface area contributed by atoms with Crippen molar-refractivity contribution in [3.8, 4) is 0 Å². The van der Waals surface area contributed by atoms with Gasteiger partial charge in [0.1, 0.15) is 6.04 Å². The summed E-state index contributed by atoms with van der Waals surface area (Å²) in [6.07, 6.45) is 2.98. The van der Waals surface area contributed by atoms with Gasteiger partial charge in [-0.1, -0.05) is 6.92 Å². The van der Waals surface area contributed by atoms with E-state index in [-0.39, 0.29) is 30.7 Å². The molecular weight excluding hydrogens is 280 g/mol. The Morgan fingerprint density at radius 3 is 2.50 bits per heavy atom. The number of hydrogen-bond donors (Lipinski definition) is 2. The van der Waals surface area contributed by atoms with Crippen LogP contribution in [-0.4, -0.2) is 49.0 Å². The second-order valence-corrected chi connectivity index (χ2v) is 5.09. The second-order valence-electron chi connectivity index (χ2n) is 4.10. The van der Waals surface area contributed by atoms with E-state index in [4.69, 9.17) is 4.74 Å². The Bertz CT molecular complexity index is 323. The number of amides is 2. The number of carbonyl (C=O) groups excluding carboxylic acids is 3. The van der Waals surface area contributed by atoms with Crippen LogP contribution in [0.1, 0.15) is 33.1 Å². The van der Waals surface area contributed by atoms with Gasteiger partial charge in [-0.05, 0) is 25.4 Å². The first-order valence-corrected chi connectivity index (χ1v) is 8.16. The van der Waals surface area contributed by atoms with Crippen LogP contribution in [0.3, 0.4) is 0 Å². The summed E-state index contributed by atoms with van der Waals surface area (Å²) < 4.78 is 4.77. The van der Waals surface area contributed by atoms with Crippen LogP contribution < -0.4 is 10.6 Å². The van der Waals surface area contributed by atoms with E-state index >= 15 is 0 Å². The van der Waals surface area contributed by atoms with Crippen LogP contribution >= 0.6 is 11.8 Å². The van der Waals surface area contributed by atoms with Crippen LogP contribution in [0.5, 0.6) is 0 Å². The third kappa shape index (κ3) is 8.79. The van der Waals surface area contributed by atoms with E-state index in [0.29, 0.717) is 19.4 Å². The van der Waals surface area contributed by atoms with Crippen LogP contribution in [-0.2, 0) is 19.1 Å². The molecule has 0 saturated carbocycles. The number of ether oxygens (including phenoxy) is 1. The molecule has 0 aliphatic carbocycles. The zero-order valence-electron chi connectivity index (χ0n) is 12.4. The first-order valence-electron chi connectivity index (χ1n) is 6.76. The minimum absolute atomic E-state index is 0.135. The Kier molecular flexibility index (Phi) is 10.9. The highest BCUT2D eigenvalue weighted by Crippen LogP contribution is 2.01. The highest BCUT2D eigenvalue weighted by Gasteiger charge is 2.19. The minimum Gasteiger partial charge on any atom is -0.466 e. The molecule has 2 N–H and O–H groups in total. The molecule has 0 aromatic carbocycles. The van der Waals surface area contributed by atoms with Gasteiger partial charge >= 0.3 is 5.97 Å². The quantitative estimate of drug-likeness (QED) is 0.581. The molecule has 0 unspecified atom stereocenters. The molecule has 0 saturated heterocycles. The van der Waals surface area contributed by atoms with Crippen LogP contribution in [0.4, 0.5) is 0 Å². The van der Waals surface area contributed by atoms with Crippen molar-refractivity contribution in [3.05, 3.63) is 0 Å². The average Bonchev–Trinajstić information content (AvgIpc) is 2.43. The van der Waals surface area contributed by atoms with Crippen molar-refractivity contribution in [1.82, 2.24) is 10.6 Å². The van der Waals surface area contributed by atoms with Gasteiger partial charge in [0.05, 0.1) is 13.0 Å². The molecule has 0 rings (SSSR count). The maximum Gasteiger partial charge on any atom is 0.307 e. The Morgan fingerprint density at radius 2 is 1.95 bits per heavy atom. The van der Waals surface area contributed by atoms with Gasteiger partial charge in [-0.3, -0.25) is 14.4 Å². The molecule has 0 aliphatic heterocycles. The van der Waals surface area contributed by atoms with Crippen molar-refractivity contribution in [3.63, 3.8) is 0 Å². The fourth-order valence-electron chi connectivity index (χ4n) is 1.45. The largest absolute Gasteiger partial charge is 0.466 e. The molecule has 0 fully saturated rings. The van der Waals surface area contributed by atoms with Crippen molar-refractivity contribution in [2.45, 2.75) is 39.2 Å². The van der Waals surface area contributed by atoms with Gasteiger partial charge < -0.3 is 15.4 Å². The van der Waals surface area contributed by atoms with E-state index in [1.807, 2.05) is 6.26 Å². The van der Waals surface area contributed by atoms with Gasteiger partial charge in [0, 0.05) is 13.0 Å². The smallest absolute Gasteiger partial charge is 0.307 e. The molecule has 0 bridgehead atoms. The lowest BCUT2D eigenvalue weighted by Crippen LogP contribution is -2.47. The molecule has 0 aromatic rings. The number of carbonyl (C=O) groups is 3. The standard InChI is InChI=1S/C13H24N2O4S/c1-4-11(16)15-10(7-9-20-3)13(18)14-8-6-12(17)19-5-2/h10H,4-9H2,1-3H3,(H,14,18)(H,15,16)/t10-/m0/s1. The molecule has 6 nitrogen and oxygen atoms in total. The third-order valence-corrected chi connectivity index (χ3v) is 3.16. The lowest BCUT2D eigenvalue weighted by atomic mass is 10.2. The topological polar surface area (TPSA) is 84.5 Å². The van der Waals surface area contributed by atoms with E-state index in [1.54, 1.807) is 25.6 Å². The Labute approximate surface area is 124 Å². The van der Waals surface area contributed by atoms with E-state index in [1.165, 1.54) is 0 Å². The third-order valence-electron chi connectivity index (χ3n) is 2.52. The number of esters is 1. The van der Waals surface area contributed by atoms with Crippen LogP contribution in [0.25, 0.3) is 0 Å². The SMILES string of the molecule is CCOC(=O)CCNC(=O)[C@H](CCSC)NC(=O)CC. The van der Waals surface area contributed by atoms with E-state index in [2.05, 4.69) is 10.6 Å². The molecule has 2 amide bonds. The van der Waals surface area contributed by atoms with Crippen molar-refractivity contribution < 1.29 is 19.1 Å². The average molecular weight is 304 g/mol. The van der Waals surface area contributed by atoms with Gasteiger partial charge in [-0.25, -0.2) is 0 Å². The fourth-order valence-corrected chi connectivity index (χ4v) is 1.92. The van der Waals surface area contributed by atoms with E-state index in [9.17, 15) is 14.4 Å². The van der Waals surface area contributed by atoms with Gasteiger partial charge in [0.2, 0.25) is 11.8 Å². The minimum atomic E-state index is -0.544. The van der Waals surface area contributed by atoms with Crippen LogP contribution in [0.15, 0.2) is 0 Å². The summed E-state index contributed by atoms with van der Waals surface area (Å²) in [7, 11) is 0. The van der Waals surface area contributed by atoms with Crippen LogP contribution in [0, 0.1) is 0 Å². The molecule has 0 heterocycles. The predicted octanol–water partition coefficient (Wildman–Crippen LogP) is 0.704. The lowest BCUT2D eigenvalue weighted by Gasteiger charge is -2.17. The predicted molar refractivity (Wildman–Crippen MR) is 79.5 cm³/mol.